The second-order valence-electron chi connectivity index (χ2n) is 6.52. The quantitative estimate of drug-likeness (QED) is 0.861. The highest BCUT2D eigenvalue weighted by Crippen LogP contribution is 2.39. The summed E-state index contributed by atoms with van der Waals surface area (Å²) in [6, 6.07) is 0.371. The zero-order chi connectivity index (χ0) is 14.5. The fourth-order valence-electron chi connectivity index (χ4n) is 3.50. The van der Waals surface area contributed by atoms with Gasteiger partial charge in [-0.15, -0.1) is 5.10 Å². The summed E-state index contributed by atoms with van der Waals surface area (Å²) < 4.78 is 2.10. The molecule has 20 heavy (non-hydrogen) atoms. The molecule has 2 N–H and O–H groups in total. The Hall–Kier alpha value is -0.900. The molecule has 0 amide bonds. The van der Waals surface area contributed by atoms with E-state index in [-0.39, 0.29) is 0 Å². The Bertz CT molecular complexity index is 403. The van der Waals surface area contributed by atoms with Gasteiger partial charge in [0.05, 0.1) is 11.4 Å². The first-order chi connectivity index (χ1) is 9.67. The molecule has 0 saturated heterocycles. The maximum atomic E-state index is 5.85. The van der Waals surface area contributed by atoms with E-state index >= 15 is 0 Å². The molecule has 4 heteroatoms. The Morgan fingerprint density at radius 1 is 1.25 bits per heavy atom. The molecule has 1 heterocycles. The Morgan fingerprint density at radius 2 is 1.95 bits per heavy atom. The standard InChI is InChI=1S/C16H30N4/c1-4-5-6-13-7-9-14(10-8-13)16-15(11-17)18-19-20(16)12(2)3/h12-14H,4-11,17H2,1-3H3. The van der Waals surface area contributed by atoms with Crippen molar-refractivity contribution in [2.75, 3.05) is 0 Å². The zero-order valence-corrected chi connectivity index (χ0v) is 13.3. The maximum Gasteiger partial charge on any atom is 0.0997 e. The average Bonchev–Trinajstić information content (AvgIpc) is 2.89. The van der Waals surface area contributed by atoms with Crippen molar-refractivity contribution in [3.63, 3.8) is 0 Å². The third-order valence-corrected chi connectivity index (χ3v) is 4.69. The van der Waals surface area contributed by atoms with Crippen LogP contribution in [-0.2, 0) is 6.54 Å². The molecule has 0 atom stereocenters. The van der Waals surface area contributed by atoms with Crippen LogP contribution in [-0.4, -0.2) is 15.0 Å². The van der Waals surface area contributed by atoms with E-state index in [0.717, 1.165) is 11.6 Å². The number of nitrogens with zero attached hydrogens (tertiary/aromatic N) is 3. The van der Waals surface area contributed by atoms with Crippen LogP contribution in [0.25, 0.3) is 0 Å². The monoisotopic (exact) mass is 278 g/mol. The first kappa shape index (κ1) is 15.5. The van der Waals surface area contributed by atoms with Gasteiger partial charge < -0.3 is 5.73 Å². The minimum atomic E-state index is 0.371. The summed E-state index contributed by atoms with van der Waals surface area (Å²) in [5.74, 6) is 1.56. The van der Waals surface area contributed by atoms with Gasteiger partial charge in [-0.05, 0) is 45.4 Å². The van der Waals surface area contributed by atoms with Crippen LogP contribution in [0.2, 0.25) is 0 Å². The maximum absolute atomic E-state index is 5.85. The lowest BCUT2D eigenvalue weighted by atomic mass is 9.78. The van der Waals surface area contributed by atoms with Crippen molar-refractivity contribution in [2.24, 2.45) is 11.7 Å². The van der Waals surface area contributed by atoms with E-state index in [1.807, 2.05) is 0 Å². The summed E-state index contributed by atoms with van der Waals surface area (Å²) in [6.07, 6.45) is 9.39. The molecule has 1 aliphatic carbocycles. The molecule has 0 radical (unpaired) electrons. The van der Waals surface area contributed by atoms with E-state index in [1.165, 1.54) is 50.6 Å². The van der Waals surface area contributed by atoms with Gasteiger partial charge in [0.1, 0.15) is 0 Å². The van der Waals surface area contributed by atoms with Crippen LogP contribution < -0.4 is 5.73 Å². The minimum absolute atomic E-state index is 0.371. The fraction of sp³-hybridized carbons (Fsp3) is 0.875. The Labute approximate surface area is 123 Å². The second-order valence-corrected chi connectivity index (χ2v) is 6.52. The first-order valence-electron chi connectivity index (χ1n) is 8.31. The fourth-order valence-corrected chi connectivity index (χ4v) is 3.50. The van der Waals surface area contributed by atoms with Gasteiger partial charge in [0.25, 0.3) is 0 Å². The van der Waals surface area contributed by atoms with E-state index in [2.05, 4.69) is 35.8 Å². The molecule has 1 aromatic rings. The molecule has 4 nitrogen and oxygen atoms in total. The highest BCUT2D eigenvalue weighted by atomic mass is 15.4. The SMILES string of the molecule is CCCCC1CCC(c2c(CN)nnn2C(C)C)CC1. The Kier molecular flexibility index (Phi) is 5.58. The molecule has 0 aromatic carbocycles. The number of nitrogens with two attached hydrogens (primary N) is 1. The molecule has 0 unspecified atom stereocenters. The zero-order valence-electron chi connectivity index (χ0n) is 13.3. The molecule has 0 spiro atoms. The van der Waals surface area contributed by atoms with Crippen LogP contribution in [0.3, 0.4) is 0 Å². The molecule has 1 aromatic heterocycles. The minimum Gasteiger partial charge on any atom is -0.325 e. The third kappa shape index (κ3) is 3.40. The summed E-state index contributed by atoms with van der Waals surface area (Å²) >= 11 is 0. The van der Waals surface area contributed by atoms with Gasteiger partial charge in [-0.3, -0.25) is 0 Å². The largest absolute Gasteiger partial charge is 0.325 e. The molecule has 114 valence electrons. The van der Waals surface area contributed by atoms with Gasteiger partial charge in [0.2, 0.25) is 0 Å². The number of hydrogen-bond acceptors (Lipinski definition) is 3. The van der Waals surface area contributed by atoms with E-state index in [0.29, 0.717) is 18.5 Å². The van der Waals surface area contributed by atoms with Crippen LogP contribution in [0.1, 0.15) is 89.1 Å². The normalized spacial score (nSPS) is 23.4. The van der Waals surface area contributed by atoms with Gasteiger partial charge in [-0.1, -0.05) is 31.4 Å². The van der Waals surface area contributed by atoms with Gasteiger partial charge in [0.15, 0.2) is 0 Å². The number of unbranched alkanes of at least 4 members (excludes halogenated alkanes) is 1. The van der Waals surface area contributed by atoms with Crippen molar-refractivity contribution in [2.45, 2.75) is 84.2 Å². The van der Waals surface area contributed by atoms with Crippen molar-refractivity contribution in [3.8, 4) is 0 Å². The predicted molar refractivity (Wildman–Crippen MR) is 82.5 cm³/mol. The molecule has 0 aliphatic heterocycles. The van der Waals surface area contributed by atoms with Crippen molar-refractivity contribution in [1.29, 1.82) is 0 Å². The van der Waals surface area contributed by atoms with E-state index in [1.54, 1.807) is 0 Å². The summed E-state index contributed by atoms with van der Waals surface area (Å²) in [6.45, 7) is 7.14. The molecular formula is C16H30N4. The van der Waals surface area contributed by atoms with Crippen molar-refractivity contribution >= 4 is 0 Å². The molecule has 1 saturated carbocycles. The van der Waals surface area contributed by atoms with Crippen molar-refractivity contribution in [1.82, 2.24) is 15.0 Å². The van der Waals surface area contributed by atoms with Gasteiger partial charge >= 0.3 is 0 Å². The van der Waals surface area contributed by atoms with Crippen LogP contribution >= 0.6 is 0 Å². The topological polar surface area (TPSA) is 56.7 Å². The highest BCUT2D eigenvalue weighted by Gasteiger charge is 2.28. The van der Waals surface area contributed by atoms with Gasteiger partial charge in [-0.2, -0.15) is 0 Å². The summed E-state index contributed by atoms with van der Waals surface area (Å²) in [5.41, 5.74) is 8.17. The predicted octanol–water partition coefficient (Wildman–Crippen LogP) is 3.78. The number of hydrogen-bond donors (Lipinski definition) is 1. The molecule has 0 bridgehead atoms. The molecule has 2 rings (SSSR count). The molecular weight excluding hydrogens is 248 g/mol. The number of rotatable bonds is 6. The summed E-state index contributed by atoms with van der Waals surface area (Å²) in [5, 5.41) is 8.60. The second kappa shape index (κ2) is 7.21. The van der Waals surface area contributed by atoms with Crippen LogP contribution in [0, 0.1) is 5.92 Å². The lowest BCUT2D eigenvalue weighted by molar-refractivity contribution is 0.292. The average molecular weight is 278 g/mol. The Morgan fingerprint density at radius 3 is 2.50 bits per heavy atom. The van der Waals surface area contributed by atoms with Crippen LogP contribution in [0.15, 0.2) is 0 Å². The van der Waals surface area contributed by atoms with E-state index in [4.69, 9.17) is 5.73 Å². The summed E-state index contributed by atoms with van der Waals surface area (Å²) in [7, 11) is 0. The third-order valence-electron chi connectivity index (χ3n) is 4.69. The summed E-state index contributed by atoms with van der Waals surface area (Å²) in [4.78, 5) is 0. The number of aromatic nitrogens is 3. The van der Waals surface area contributed by atoms with Gasteiger partial charge in [-0.25, -0.2) is 4.68 Å². The van der Waals surface area contributed by atoms with E-state index in [9.17, 15) is 0 Å². The lowest BCUT2D eigenvalue weighted by Crippen LogP contribution is -2.19. The van der Waals surface area contributed by atoms with Crippen LogP contribution in [0.4, 0.5) is 0 Å². The highest BCUT2D eigenvalue weighted by molar-refractivity contribution is 5.17. The van der Waals surface area contributed by atoms with Crippen molar-refractivity contribution in [3.05, 3.63) is 11.4 Å². The molecule has 1 fully saturated rings. The smallest absolute Gasteiger partial charge is 0.0997 e. The van der Waals surface area contributed by atoms with Gasteiger partial charge in [0, 0.05) is 18.5 Å². The lowest BCUT2D eigenvalue weighted by Gasteiger charge is -2.29. The first-order valence-corrected chi connectivity index (χ1v) is 8.31. The van der Waals surface area contributed by atoms with Crippen molar-refractivity contribution < 1.29 is 0 Å². The van der Waals surface area contributed by atoms with Crippen LogP contribution in [0.5, 0.6) is 0 Å². The van der Waals surface area contributed by atoms with E-state index < -0.39 is 0 Å². The Balaban J connectivity index is 2.04. The molecule has 1 aliphatic rings.